The van der Waals surface area contributed by atoms with E-state index in [1.54, 1.807) is 54.6 Å². The molecule has 1 N–H and O–H groups in total. The van der Waals surface area contributed by atoms with Crippen LogP contribution in [0.4, 0.5) is 5.69 Å². The van der Waals surface area contributed by atoms with Crippen molar-refractivity contribution in [3.8, 4) is 5.75 Å². The number of para-hydroxylation sites is 1. The Kier molecular flexibility index (Phi) is 13.9. The number of benzene rings is 2. The van der Waals surface area contributed by atoms with Gasteiger partial charge in [0.1, 0.15) is 5.75 Å². The molecule has 0 aromatic heterocycles. The predicted molar refractivity (Wildman–Crippen MR) is 130 cm³/mol. The van der Waals surface area contributed by atoms with Crippen LogP contribution in [0.3, 0.4) is 0 Å². The lowest BCUT2D eigenvalue weighted by Crippen LogP contribution is -2.24. The van der Waals surface area contributed by atoms with Gasteiger partial charge >= 0.3 is 0 Å². The summed E-state index contributed by atoms with van der Waals surface area (Å²) in [6, 6.07) is 15.2. The number of hydrogen-bond donors (Lipinski definition) is 1. The zero-order valence-corrected chi connectivity index (χ0v) is 19.2. The zero-order valence-electron chi connectivity index (χ0n) is 19.2. The number of nitrogens with zero attached hydrogens (tertiary/aromatic N) is 1. The molecule has 0 radical (unpaired) electrons. The van der Waals surface area contributed by atoms with Crippen LogP contribution >= 0.6 is 0 Å². The third-order valence-electron chi connectivity index (χ3n) is 4.01. The predicted octanol–water partition coefficient (Wildman–Crippen LogP) is 6.82. The molecule has 0 saturated heterocycles. The van der Waals surface area contributed by atoms with E-state index in [9.17, 15) is 4.79 Å². The lowest BCUT2D eigenvalue weighted by molar-refractivity contribution is 0.0836. The van der Waals surface area contributed by atoms with E-state index in [1.165, 1.54) is 5.56 Å². The monoisotopic (exact) mass is 408 g/mol. The smallest absolute Gasteiger partial charge is 0.257 e. The van der Waals surface area contributed by atoms with Crippen molar-refractivity contribution in [3.63, 3.8) is 0 Å². The fraction of sp³-hybridized carbons (Fsp3) is 0.269. The third kappa shape index (κ3) is 9.28. The summed E-state index contributed by atoms with van der Waals surface area (Å²) in [6.45, 7) is 17.7. The fourth-order valence-electron chi connectivity index (χ4n) is 2.34. The molecule has 0 aliphatic heterocycles. The third-order valence-corrected chi connectivity index (χ3v) is 4.01. The van der Waals surface area contributed by atoms with Gasteiger partial charge in [0, 0.05) is 24.0 Å². The standard InChI is InChI=1S/C15H19NO2.C9H11N.C2H6/c1-5-7-12(3)16(4)15(17)13-8-10-14(11-9-13)18-6-2;1-3-10-9-7-5-4-6-8(9)2;1-2/h5,7-11H,1,6H2,2-4H3;3-7,10H,1H2,2H3;1-2H3/b12-7+;;. The van der Waals surface area contributed by atoms with E-state index in [0.717, 1.165) is 17.1 Å². The first-order valence-electron chi connectivity index (χ1n) is 10.2. The molecule has 30 heavy (non-hydrogen) atoms. The van der Waals surface area contributed by atoms with Crippen molar-refractivity contribution >= 4 is 11.6 Å². The van der Waals surface area contributed by atoms with Gasteiger partial charge in [-0.2, -0.15) is 0 Å². The summed E-state index contributed by atoms with van der Waals surface area (Å²) in [6.07, 6.45) is 5.14. The number of nitrogens with one attached hydrogen (secondary N) is 1. The van der Waals surface area contributed by atoms with Gasteiger partial charge in [-0.15, -0.1) is 0 Å². The summed E-state index contributed by atoms with van der Waals surface area (Å²) in [5.74, 6) is 0.726. The molecule has 0 unspecified atom stereocenters. The van der Waals surface area contributed by atoms with Crippen LogP contribution in [0.25, 0.3) is 0 Å². The van der Waals surface area contributed by atoms with Crippen LogP contribution in [0, 0.1) is 6.92 Å². The highest BCUT2D eigenvalue weighted by atomic mass is 16.5. The van der Waals surface area contributed by atoms with Crippen LogP contribution in [0.15, 0.2) is 85.7 Å². The maximum Gasteiger partial charge on any atom is 0.257 e. The number of rotatable bonds is 7. The summed E-state index contributed by atoms with van der Waals surface area (Å²) in [5, 5.41) is 3.04. The molecule has 4 nitrogen and oxygen atoms in total. The molecule has 2 aromatic rings. The Balaban J connectivity index is 0.000000590. The van der Waals surface area contributed by atoms with Crippen molar-refractivity contribution in [2.24, 2.45) is 0 Å². The number of amides is 1. The van der Waals surface area contributed by atoms with E-state index in [0.29, 0.717) is 12.2 Å². The van der Waals surface area contributed by atoms with Gasteiger partial charge in [0.25, 0.3) is 5.91 Å². The highest BCUT2D eigenvalue weighted by Gasteiger charge is 2.12. The Labute approximate surface area is 182 Å². The number of carbonyl (C=O) groups is 1. The van der Waals surface area contributed by atoms with Gasteiger partial charge < -0.3 is 15.0 Å². The number of hydrogen-bond acceptors (Lipinski definition) is 3. The molecule has 2 rings (SSSR count). The van der Waals surface area contributed by atoms with Crippen LogP contribution in [0.5, 0.6) is 5.75 Å². The van der Waals surface area contributed by atoms with E-state index < -0.39 is 0 Å². The summed E-state index contributed by atoms with van der Waals surface area (Å²) < 4.78 is 5.34. The maximum atomic E-state index is 12.1. The molecule has 0 atom stereocenters. The van der Waals surface area contributed by atoms with Crippen LogP contribution in [0.2, 0.25) is 0 Å². The topological polar surface area (TPSA) is 41.6 Å². The van der Waals surface area contributed by atoms with Crippen molar-refractivity contribution in [1.82, 2.24) is 4.90 Å². The van der Waals surface area contributed by atoms with Gasteiger partial charge in [-0.3, -0.25) is 4.79 Å². The average molecular weight is 409 g/mol. The molecule has 0 fully saturated rings. The van der Waals surface area contributed by atoms with Gasteiger partial charge in [0.15, 0.2) is 0 Å². The van der Waals surface area contributed by atoms with E-state index >= 15 is 0 Å². The van der Waals surface area contributed by atoms with Crippen molar-refractivity contribution in [2.75, 3.05) is 19.0 Å². The number of allylic oxidation sites excluding steroid dienone is 3. The summed E-state index contributed by atoms with van der Waals surface area (Å²) in [7, 11) is 1.74. The Morgan fingerprint density at radius 3 is 2.20 bits per heavy atom. The average Bonchev–Trinajstić information content (AvgIpc) is 2.77. The number of carbonyl (C=O) groups excluding carboxylic acids is 1. The summed E-state index contributed by atoms with van der Waals surface area (Å²) >= 11 is 0. The minimum Gasteiger partial charge on any atom is -0.494 e. The molecule has 0 aliphatic carbocycles. The lowest BCUT2D eigenvalue weighted by atomic mass is 10.2. The van der Waals surface area contributed by atoms with Crippen LogP contribution in [-0.2, 0) is 0 Å². The fourth-order valence-corrected chi connectivity index (χ4v) is 2.34. The van der Waals surface area contributed by atoms with Gasteiger partial charge in [0.05, 0.1) is 6.61 Å². The molecular weight excluding hydrogens is 372 g/mol. The summed E-state index contributed by atoms with van der Waals surface area (Å²) in [4.78, 5) is 13.7. The van der Waals surface area contributed by atoms with Crippen LogP contribution in [-0.4, -0.2) is 24.5 Å². The van der Waals surface area contributed by atoms with E-state index in [1.807, 2.05) is 45.9 Å². The minimum atomic E-state index is -0.0475. The Hall–Kier alpha value is -3.27. The largest absolute Gasteiger partial charge is 0.494 e. The van der Waals surface area contributed by atoms with Crippen molar-refractivity contribution in [3.05, 3.63) is 96.9 Å². The van der Waals surface area contributed by atoms with Crippen molar-refractivity contribution < 1.29 is 9.53 Å². The van der Waals surface area contributed by atoms with Crippen LogP contribution < -0.4 is 10.1 Å². The molecule has 0 spiro atoms. The number of ether oxygens (including phenoxy) is 1. The molecule has 0 heterocycles. The first-order valence-corrected chi connectivity index (χ1v) is 10.2. The molecular formula is C26H36N2O2. The van der Waals surface area contributed by atoms with Gasteiger partial charge in [-0.1, -0.05) is 51.3 Å². The zero-order chi connectivity index (χ0) is 22.9. The molecule has 1 amide bonds. The van der Waals surface area contributed by atoms with Crippen LogP contribution in [0.1, 0.15) is 43.6 Å². The molecule has 0 saturated carbocycles. The normalized spacial score (nSPS) is 9.73. The van der Waals surface area contributed by atoms with Gasteiger partial charge in [0.2, 0.25) is 0 Å². The first kappa shape index (κ1) is 26.7. The molecule has 2 aromatic carbocycles. The maximum absolute atomic E-state index is 12.1. The Morgan fingerprint density at radius 1 is 1.10 bits per heavy atom. The highest BCUT2D eigenvalue weighted by Crippen LogP contribution is 2.15. The Bertz CT molecular complexity index is 808. The van der Waals surface area contributed by atoms with Gasteiger partial charge in [-0.25, -0.2) is 0 Å². The SMILES string of the molecule is C=C/C=C(\C)N(C)C(=O)c1ccc(OCC)cc1.C=CNc1ccccc1C.CC. The first-order chi connectivity index (χ1) is 14.4. The quantitative estimate of drug-likeness (QED) is 0.511. The van der Waals surface area contributed by atoms with Gasteiger partial charge in [-0.05, 0) is 68.9 Å². The Morgan fingerprint density at radius 2 is 1.70 bits per heavy atom. The van der Waals surface area contributed by atoms with Crippen molar-refractivity contribution in [2.45, 2.75) is 34.6 Å². The number of aryl methyl sites for hydroxylation is 1. The highest BCUT2D eigenvalue weighted by molar-refractivity contribution is 5.95. The van der Waals surface area contributed by atoms with E-state index in [2.05, 4.69) is 31.5 Å². The number of anilines is 1. The van der Waals surface area contributed by atoms with E-state index in [4.69, 9.17) is 4.74 Å². The minimum absolute atomic E-state index is 0.0475. The second kappa shape index (κ2) is 15.6. The molecule has 0 bridgehead atoms. The van der Waals surface area contributed by atoms with Crippen molar-refractivity contribution in [1.29, 1.82) is 0 Å². The lowest BCUT2D eigenvalue weighted by Gasteiger charge is -2.17. The second-order valence-corrected chi connectivity index (χ2v) is 6.03. The molecule has 0 aliphatic rings. The molecule has 4 heteroatoms. The second-order valence-electron chi connectivity index (χ2n) is 6.03. The molecule has 162 valence electrons. The van der Waals surface area contributed by atoms with E-state index in [-0.39, 0.29) is 5.91 Å². The summed E-state index contributed by atoms with van der Waals surface area (Å²) in [5.41, 5.74) is 3.85.